The van der Waals surface area contributed by atoms with Gasteiger partial charge in [0.15, 0.2) is 0 Å². The van der Waals surface area contributed by atoms with E-state index in [0.29, 0.717) is 24.6 Å². The van der Waals surface area contributed by atoms with E-state index in [1.807, 2.05) is 18.2 Å². The number of hydrogen-bond donors (Lipinski definition) is 0. The van der Waals surface area contributed by atoms with Gasteiger partial charge in [0.25, 0.3) is 0 Å². The van der Waals surface area contributed by atoms with Crippen molar-refractivity contribution in [3.63, 3.8) is 0 Å². The molecule has 4 nitrogen and oxygen atoms in total. The molecule has 0 N–H and O–H groups in total. The number of carbonyl (C=O) groups is 2. The van der Waals surface area contributed by atoms with Gasteiger partial charge in [0.2, 0.25) is 11.8 Å². The molecular formula is C20H26N2O2S. The predicted octanol–water partition coefficient (Wildman–Crippen LogP) is 3.55. The van der Waals surface area contributed by atoms with E-state index in [1.54, 1.807) is 16.7 Å². The van der Waals surface area contributed by atoms with E-state index in [9.17, 15) is 9.59 Å². The molecule has 0 spiro atoms. The predicted molar refractivity (Wildman–Crippen MR) is 101 cm³/mol. The van der Waals surface area contributed by atoms with Crippen LogP contribution in [0.15, 0.2) is 29.2 Å². The molecular weight excluding hydrogens is 332 g/mol. The van der Waals surface area contributed by atoms with Crippen LogP contribution in [0, 0.1) is 11.8 Å². The molecule has 2 heterocycles. The van der Waals surface area contributed by atoms with Crippen molar-refractivity contribution in [1.29, 1.82) is 0 Å². The first-order valence-corrected chi connectivity index (χ1v) is 10.5. The molecule has 134 valence electrons. The Kier molecular flexibility index (Phi) is 5.02. The third-order valence-corrected chi connectivity index (χ3v) is 7.05. The Balaban J connectivity index is 1.37. The quantitative estimate of drug-likeness (QED) is 0.830. The number of hydrogen-bond acceptors (Lipinski definition) is 3. The first kappa shape index (κ1) is 17.0. The van der Waals surface area contributed by atoms with Gasteiger partial charge in [-0.25, -0.2) is 0 Å². The summed E-state index contributed by atoms with van der Waals surface area (Å²) in [6, 6.07) is 7.99. The van der Waals surface area contributed by atoms with Gasteiger partial charge in [-0.1, -0.05) is 31.4 Å². The van der Waals surface area contributed by atoms with Crippen molar-refractivity contribution in [3.8, 4) is 0 Å². The zero-order chi connectivity index (χ0) is 17.2. The van der Waals surface area contributed by atoms with Gasteiger partial charge in [0.05, 0.1) is 11.4 Å². The first-order chi connectivity index (χ1) is 12.2. The van der Waals surface area contributed by atoms with Crippen LogP contribution in [-0.4, -0.2) is 42.1 Å². The molecule has 0 bridgehead atoms. The third-order valence-electron chi connectivity index (χ3n) is 6.00. The average Bonchev–Trinajstić information content (AvgIpc) is 2.66. The van der Waals surface area contributed by atoms with Gasteiger partial charge < -0.3 is 9.80 Å². The van der Waals surface area contributed by atoms with Crippen LogP contribution in [0.2, 0.25) is 0 Å². The molecule has 1 aromatic carbocycles. The van der Waals surface area contributed by atoms with Gasteiger partial charge in [-0.05, 0) is 36.8 Å². The molecule has 5 heteroatoms. The Labute approximate surface area is 153 Å². The zero-order valence-corrected chi connectivity index (χ0v) is 15.5. The number of thioether (sulfide) groups is 1. The van der Waals surface area contributed by atoms with Gasteiger partial charge in [0.1, 0.15) is 0 Å². The smallest absolute Gasteiger partial charge is 0.237 e. The molecule has 1 aliphatic carbocycles. The lowest BCUT2D eigenvalue weighted by Gasteiger charge is -2.41. The highest BCUT2D eigenvalue weighted by Gasteiger charge is 2.33. The summed E-state index contributed by atoms with van der Waals surface area (Å²) in [6.45, 7) is 2.34. The molecule has 3 aliphatic rings. The monoisotopic (exact) mass is 358 g/mol. The van der Waals surface area contributed by atoms with Crippen LogP contribution < -0.4 is 4.90 Å². The SMILES string of the molecule is O=C(CCN1C(=O)CSc2ccccc21)N1CC[C@H]2CCCC[C@H]2C1. The molecule has 0 radical (unpaired) electrons. The van der Waals surface area contributed by atoms with Crippen LogP contribution in [0.1, 0.15) is 38.5 Å². The largest absolute Gasteiger partial charge is 0.342 e. The summed E-state index contributed by atoms with van der Waals surface area (Å²) >= 11 is 1.59. The maximum absolute atomic E-state index is 12.7. The van der Waals surface area contributed by atoms with Crippen molar-refractivity contribution in [2.75, 3.05) is 30.3 Å². The Morgan fingerprint density at radius 2 is 1.92 bits per heavy atom. The number of carbonyl (C=O) groups excluding carboxylic acids is 2. The van der Waals surface area contributed by atoms with Gasteiger partial charge in [-0.3, -0.25) is 9.59 Å². The fourth-order valence-corrected chi connectivity index (χ4v) is 5.53. The van der Waals surface area contributed by atoms with E-state index in [1.165, 1.54) is 32.1 Å². The lowest BCUT2D eigenvalue weighted by atomic mass is 9.75. The number of rotatable bonds is 3. The number of anilines is 1. The molecule has 25 heavy (non-hydrogen) atoms. The molecule has 2 fully saturated rings. The van der Waals surface area contributed by atoms with E-state index in [0.717, 1.165) is 29.6 Å². The Hall–Kier alpha value is -1.49. The van der Waals surface area contributed by atoms with Crippen molar-refractivity contribution >= 4 is 29.3 Å². The summed E-state index contributed by atoms with van der Waals surface area (Å²) in [6.07, 6.45) is 6.91. The maximum Gasteiger partial charge on any atom is 0.237 e. The highest BCUT2D eigenvalue weighted by Crippen LogP contribution is 2.37. The average molecular weight is 359 g/mol. The minimum absolute atomic E-state index is 0.113. The summed E-state index contributed by atoms with van der Waals surface area (Å²) in [5, 5.41) is 0. The molecule has 4 rings (SSSR count). The number of nitrogens with zero attached hydrogens (tertiary/aromatic N) is 2. The second-order valence-corrected chi connectivity index (χ2v) is 8.50. The van der Waals surface area contributed by atoms with Crippen molar-refractivity contribution in [2.24, 2.45) is 11.8 Å². The van der Waals surface area contributed by atoms with Crippen LogP contribution in [-0.2, 0) is 9.59 Å². The van der Waals surface area contributed by atoms with Gasteiger partial charge in [-0.2, -0.15) is 0 Å². The summed E-state index contributed by atoms with van der Waals surface area (Å²) in [5.74, 6) is 2.35. The molecule has 2 aliphatic heterocycles. The van der Waals surface area contributed by atoms with Crippen LogP contribution in [0.3, 0.4) is 0 Å². The Bertz CT molecular complexity index is 663. The summed E-state index contributed by atoms with van der Waals surface area (Å²) in [7, 11) is 0. The second kappa shape index (κ2) is 7.40. The zero-order valence-electron chi connectivity index (χ0n) is 14.7. The fourth-order valence-electron chi connectivity index (χ4n) is 4.59. The van der Waals surface area contributed by atoms with Gasteiger partial charge >= 0.3 is 0 Å². The standard InChI is InChI=1S/C20H26N2O2S/c23-19(21-11-9-15-5-1-2-6-16(15)13-21)10-12-22-17-7-3-4-8-18(17)25-14-20(22)24/h3-4,7-8,15-16H,1-2,5-6,9-14H2/t15-,16+/m1/s1. The molecule has 1 saturated carbocycles. The normalized spacial score (nSPS) is 26.2. The summed E-state index contributed by atoms with van der Waals surface area (Å²) < 4.78 is 0. The highest BCUT2D eigenvalue weighted by molar-refractivity contribution is 8.00. The number of likely N-dealkylation sites (tertiary alicyclic amines) is 1. The van der Waals surface area contributed by atoms with E-state index >= 15 is 0 Å². The number of benzene rings is 1. The number of para-hydroxylation sites is 1. The molecule has 1 saturated heterocycles. The van der Waals surface area contributed by atoms with E-state index < -0.39 is 0 Å². The molecule has 2 amide bonds. The van der Waals surface area contributed by atoms with E-state index in [-0.39, 0.29) is 11.8 Å². The Morgan fingerprint density at radius 1 is 1.12 bits per heavy atom. The number of amides is 2. The molecule has 2 atom stereocenters. The molecule has 1 aromatic rings. The van der Waals surface area contributed by atoms with Crippen molar-refractivity contribution in [3.05, 3.63) is 24.3 Å². The lowest BCUT2D eigenvalue weighted by Crippen LogP contribution is -2.46. The van der Waals surface area contributed by atoms with Gasteiger partial charge in [-0.15, -0.1) is 11.8 Å². The first-order valence-electron chi connectivity index (χ1n) is 9.52. The van der Waals surface area contributed by atoms with Crippen molar-refractivity contribution < 1.29 is 9.59 Å². The maximum atomic E-state index is 12.7. The van der Waals surface area contributed by atoms with Crippen molar-refractivity contribution in [1.82, 2.24) is 4.90 Å². The van der Waals surface area contributed by atoms with Gasteiger partial charge in [0, 0.05) is 31.0 Å². The highest BCUT2D eigenvalue weighted by atomic mass is 32.2. The van der Waals surface area contributed by atoms with Crippen molar-refractivity contribution in [2.45, 2.75) is 43.4 Å². The number of piperidine rings is 1. The van der Waals surface area contributed by atoms with Crippen LogP contribution in [0.25, 0.3) is 0 Å². The topological polar surface area (TPSA) is 40.6 Å². The van der Waals surface area contributed by atoms with Crippen LogP contribution in [0.4, 0.5) is 5.69 Å². The summed E-state index contributed by atoms with van der Waals surface area (Å²) in [5.41, 5.74) is 0.961. The second-order valence-electron chi connectivity index (χ2n) is 7.48. The van der Waals surface area contributed by atoms with E-state index in [4.69, 9.17) is 0 Å². The molecule has 0 aromatic heterocycles. The van der Waals surface area contributed by atoms with Crippen LogP contribution in [0.5, 0.6) is 0 Å². The third kappa shape index (κ3) is 3.57. The number of fused-ring (bicyclic) bond motifs is 2. The van der Waals surface area contributed by atoms with Crippen LogP contribution >= 0.6 is 11.8 Å². The lowest BCUT2D eigenvalue weighted by molar-refractivity contribution is -0.134. The van der Waals surface area contributed by atoms with E-state index in [2.05, 4.69) is 11.0 Å². The Morgan fingerprint density at radius 3 is 2.80 bits per heavy atom. The molecule has 0 unspecified atom stereocenters. The minimum atomic E-state index is 0.113. The minimum Gasteiger partial charge on any atom is -0.342 e. The summed E-state index contributed by atoms with van der Waals surface area (Å²) in [4.78, 5) is 30.0. The fraction of sp³-hybridized carbons (Fsp3) is 0.600.